The summed E-state index contributed by atoms with van der Waals surface area (Å²) in [5, 5.41) is 5.92. The Morgan fingerprint density at radius 2 is 2.08 bits per heavy atom. The Hall–Kier alpha value is -1.79. The minimum absolute atomic E-state index is 0.152. The molecular formula is C18H31N5O. The number of carbonyl (C=O) groups excluding carboxylic acids is 1. The summed E-state index contributed by atoms with van der Waals surface area (Å²) in [6.45, 7) is 8.03. The number of hydrogen-bond acceptors (Lipinski definition) is 4. The van der Waals surface area contributed by atoms with Gasteiger partial charge in [-0.2, -0.15) is 0 Å². The molecule has 1 unspecified atom stereocenters. The van der Waals surface area contributed by atoms with Gasteiger partial charge in [0.2, 0.25) is 0 Å². The van der Waals surface area contributed by atoms with Crippen molar-refractivity contribution in [1.29, 1.82) is 0 Å². The predicted molar refractivity (Wildman–Crippen MR) is 101 cm³/mol. The molecule has 1 saturated heterocycles. The number of anilines is 2. The second kappa shape index (κ2) is 8.35. The molecule has 0 spiro atoms. The van der Waals surface area contributed by atoms with Crippen molar-refractivity contribution in [3.8, 4) is 0 Å². The Morgan fingerprint density at radius 1 is 1.33 bits per heavy atom. The Kier molecular flexibility index (Phi) is 6.45. The third kappa shape index (κ3) is 5.11. The maximum Gasteiger partial charge on any atom is 0.319 e. The zero-order chi connectivity index (χ0) is 17.7. The standard InChI is InChI=1S/C18H31N5O/c1-14(2)23(5)16-8-6-7-15(11-16)20-18(24)19-12-17-13-21(3)9-10-22(17)4/h6-8,11,14,17H,9-10,12-13H2,1-5H3,(H2,19,20,24). The van der Waals surface area contributed by atoms with Crippen molar-refractivity contribution in [2.45, 2.75) is 25.9 Å². The van der Waals surface area contributed by atoms with E-state index in [9.17, 15) is 4.79 Å². The van der Waals surface area contributed by atoms with Crippen LogP contribution in [0.4, 0.5) is 16.2 Å². The summed E-state index contributed by atoms with van der Waals surface area (Å²) in [6.07, 6.45) is 0. The number of urea groups is 1. The molecule has 6 heteroatoms. The first kappa shape index (κ1) is 18.5. The normalized spacial score (nSPS) is 19.3. The molecule has 0 aromatic heterocycles. The maximum atomic E-state index is 12.2. The Bertz CT molecular complexity index is 548. The second-order valence-corrected chi connectivity index (χ2v) is 6.99. The fourth-order valence-corrected chi connectivity index (χ4v) is 2.81. The van der Waals surface area contributed by atoms with E-state index in [0.717, 1.165) is 31.0 Å². The van der Waals surface area contributed by atoms with Gasteiger partial charge in [0.1, 0.15) is 0 Å². The lowest BCUT2D eigenvalue weighted by Gasteiger charge is -2.37. The first-order chi connectivity index (χ1) is 11.4. The first-order valence-corrected chi connectivity index (χ1v) is 8.63. The molecule has 0 saturated carbocycles. The largest absolute Gasteiger partial charge is 0.372 e. The molecule has 1 aromatic carbocycles. The van der Waals surface area contributed by atoms with Gasteiger partial charge in [-0.05, 0) is 46.1 Å². The van der Waals surface area contributed by atoms with E-state index >= 15 is 0 Å². The van der Waals surface area contributed by atoms with Crippen LogP contribution in [0.15, 0.2) is 24.3 Å². The van der Waals surface area contributed by atoms with Crippen molar-refractivity contribution in [2.24, 2.45) is 0 Å². The molecular weight excluding hydrogens is 302 g/mol. The summed E-state index contributed by atoms with van der Waals surface area (Å²) in [4.78, 5) is 19.0. The van der Waals surface area contributed by atoms with Crippen LogP contribution in [0.2, 0.25) is 0 Å². The van der Waals surface area contributed by atoms with Gasteiger partial charge in [0, 0.05) is 56.7 Å². The number of likely N-dealkylation sites (N-methyl/N-ethyl adjacent to an activating group) is 2. The smallest absolute Gasteiger partial charge is 0.319 e. The highest BCUT2D eigenvalue weighted by atomic mass is 16.2. The number of amides is 2. The molecule has 0 bridgehead atoms. The topological polar surface area (TPSA) is 50.9 Å². The summed E-state index contributed by atoms with van der Waals surface area (Å²) in [5.41, 5.74) is 1.91. The molecule has 1 aliphatic rings. The van der Waals surface area contributed by atoms with E-state index in [-0.39, 0.29) is 6.03 Å². The van der Waals surface area contributed by atoms with Crippen LogP contribution in [0.3, 0.4) is 0 Å². The van der Waals surface area contributed by atoms with Gasteiger partial charge < -0.3 is 20.4 Å². The van der Waals surface area contributed by atoms with Crippen LogP contribution in [0.5, 0.6) is 0 Å². The molecule has 1 heterocycles. The van der Waals surface area contributed by atoms with Crippen LogP contribution in [0, 0.1) is 0 Å². The highest BCUT2D eigenvalue weighted by Crippen LogP contribution is 2.20. The summed E-state index contributed by atoms with van der Waals surface area (Å²) >= 11 is 0. The van der Waals surface area contributed by atoms with Crippen molar-refractivity contribution in [3.05, 3.63) is 24.3 Å². The number of nitrogens with zero attached hydrogens (tertiary/aromatic N) is 3. The van der Waals surface area contributed by atoms with Crippen LogP contribution < -0.4 is 15.5 Å². The molecule has 24 heavy (non-hydrogen) atoms. The van der Waals surface area contributed by atoms with Gasteiger partial charge in [-0.1, -0.05) is 6.07 Å². The van der Waals surface area contributed by atoms with E-state index in [1.807, 2.05) is 18.2 Å². The van der Waals surface area contributed by atoms with Gasteiger partial charge in [0.05, 0.1) is 0 Å². The molecule has 1 aromatic rings. The molecule has 2 amide bonds. The molecule has 1 fully saturated rings. The molecule has 1 atom stereocenters. The van der Waals surface area contributed by atoms with Crippen LogP contribution >= 0.6 is 0 Å². The van der Waals surface area contributed by atoms with Gasteiger partial charge >= 0.3 is 6.03 Å². The lowest BCUT2D eigenvalue weighted by molar-refractivity contribution is 0.115. The lowest BCUT2D eigenvalue weighted by Crippen LogP contribution is -2.54. The highest BCUT2D eigenvalue weighted by Gasteiger charge is 2.22. The van der Waals surface area contributed by atoms with Crippen molar-refractivity contribution >= 4 is 17.4 Å². The van der Waals surface area contributed by atoms with Gasteiger partial charge in [-0.15, -0.1) is 0 Å². The van der Waals surface area contributed by atoms with E-state index in [0.29, 0.717) is 18.6 Å². The van der Waals surface area contributed by atoms with Gasteiger partial charge in [-0.3, -0.25) is 4.90 Å². The Labute approximate surface area is 145 Å². The van der Waals surface area contributed by atoms with Crippen LogP contribution in [0.1, 0.15) is 13.8 Å². The monoisotopic (exact) mass is 333 g/mol. The number of hydrogen-bond donors (Lipinski definition) is 2. The average molecular weight is 333 g/mol. The van der Waals surface area contributed by atoms with E-state index in [2.05, 4.69) is 66.4 Å². The Balaban J connectivity index is 1.87. The fraction of sp³-hybridized carbons (Fsp3) is 0.611. The third-order valence-corrected chi connectivity index (χ3v) is 4.76. The van der Waals surface area contributed by atoms with E-state index in [4.69, 9.17) is 0 Å². The average Bonchev–Trinajstić information content (AvgIpc) is 2.55. The van der Waals surface area contributed by atoms with Crippen LogP contribution in [-0.4, -0.2) is 75.2 Å². The SMILES string of the molecule is CC(C)N(C)c1cccc(NC(=O)NCC2CN(C)CCN2C)c1. The summed E-state index contributed by atoms with van der Waals surface area (Å²) in [6, 6.07) is 8.54. The van der Waals surface area contributed by atoms with Crippen molar-refractivity contribution in [2.75, 3.05) is 57.5 Å². The fourth-order valence-electron chi connectivity index (χ4n) is 2.81. The molecule has 134 valence electrons. The molecule has 0 aliphatic carbocycles. The lowest BCUT2D eigenvalue weighted by atomic mass is 10.2. The van der Waals surface area contributed by atoms with Crippen LogP contribution in [0.25, 0.3) is 0 Å². The minimum Gasteiger partial charge on any atom is -0.372 e. The minimum atomic E-state index is -0.152. The number of carbonyl (C=O) groups is 1. The highest BCUT2D eigenvalue weighted by molar-refractivity contribution is 5.89. The maximum absolute atomic E-state index is 12.2. The number of nitrogens with one attached hydrogen (secondary N) is 2. The number of rotatable bonds is 5. The molecule has 0 radical (unpaired) electrons. The second-order valence-electron chi connectivity index (χ2n) is 6.99. The first-order valence-electron chi connectivity index (χ1n) is 8.63. The van der Waals surface area contributed by atoms with Crippen molar-refractivity contribution in [1.82, 2.24) is 15.1 Å². The molecule has 6 nitrogen and oxygen atoms in total. The van der Waals surface area contributed by atoms with E-state index in [1.165, 1.54) is 0 Å². The quantitative estimate of drug-likeness (QED) is 0.864. The predicted octanol–water partition coefficient (Wildman–Crippen LogP) is 1.90. The zero-order valence-corrected chi connectivity index (χ0v) is 15.5. The Morgan fingerprint density at radius 3 is 2.79 bits per heavy atom. The summed E-state index contributed by atoms with van der Waals surface area (Å²) in [5.74, 6) is 0. The molecule has 2 rings (SSSR count). The zero-order valence-electron chi connectivity index (χ0n) is 15.5. The number of benzene rings is 1. The van der Waals surface area contributed by atoms with Gasteiger partial charge in [0.25, 0.3) is 0 Å². The van der Waals surface area contributed by atoms with E-state index in [1.54, 1.807) is 0 Å². The van der Waals surface area contributed by atoms with Crippen LogP contribution in [-0.2, 0) is 0 Å². The summed E-state index contributed by atoms with van der Waals surface area (Å²) < 4.78 is 0. The van der Waals surface area contributed by atoms with Gasteiger partial charge in [-0.25, -0.2) is 4.79 Å². The third-order valence-electron chi connectivity index (χ3n) is 4.76. The summed E-state index contributed by atoms with van der Waals surface area (Å²) in [7, 11) is 6.29. The molecule has 1 aliphatic heterocycles. The van der Waals surface area contributed by atoms with Crippen molar-refractivity contribution in [3.63, 3.8) is 0 Å². The van der Waals surface area contributed by atoms with Gasteiger partial charge in [0.15, 0.2) is 0 Å². The van der Waals surface area contributed by atoms with Crippen molar-refractivity contribution < 1.29 is 4.79 Å². The molecule has 2 N–H and O–H groups in total. The number of piperazine rings is 1. The van der Waals surface area contributed by atoms with E-state index < -0.39 is 0 Å².